The normalized spacial score (nSPS) is 22.3. The molecule has 16 heavy (non-hydrogen) atoms. The highest BCUT2D eigenvalue weighted by Gasteiger charge is 2.43. The molecular weight excluding hydrogens is 192 g/mol. The van der Waals surface area contributed by atoms with E-state index < -0.39 is 0 Å². The Labute approximate surface area is 103 Å². The van der Waals surface area contributed by atoms with Crippen molar-refractivity contribution in [2.75, 3.05) is 0 Å². The van der Waals surface area contributed by atoms with Crippen molar-refractivity contribution in [3.63, 3.8) is 0 Å². The summed E-state index contributed by atoms with van der Waals surface area (Å²) < 4.78 is 0. The first-order valence-electron chi connectivity index (χ1n) is 7.42. The van der Waals surface area contributed by atoms with Crippen LogP contribution in [-0.4, -0.2) is 0 Å². The van der Waals surface area contributed by atoms with Gasteiger partial charge in [0.1, 0.15) is 0 Å². The largest absolute Gasteiger partial charge is 0.0654 e. The average Bonchev–Trinajstić information content (AvgIpc) is 2.69. The van der Waals surface area contributed by atoms with E-state index >= 15 is 0 Å². The molecule has 0 aromatic carbocycles. The van der Waals surface area contributed by atoms with Gasteiger partial charge in [-0.3, -0.25) is 0 Å². The molecule has 96 valence electrons. The molecule has 0 bridgehead atoms. The van der Waals surface area contributed by atoms with Gasteiger partial charge in [-0.25, -0.2) is 0 Å². The Bertz CT molecular complexity index is 193. The third-order valence-electron chi connectivity index (χ3n) is 5.27. The van der Waals surface area contributed by atoms with E-state index in [0.29, 0.717) is 10.8 Å². The fourth-order valence-electron chi connectivity index (χ4n) is 3.50. The molecule has 1 atom stereocenters. The van der Waals surface area contributed by atoms with Crippen LogP contribution in [-0.2, 0) is 0 Å². The minimum absolute atomic E-state index is 0.468. The van der Waals surface area contributed by atoms with Gasteiger partial charge >= 0.3 is 0 Å². The second kappa shape index (κ2) is 5.56. The Kier molecular flexibility index (Phi) is 4.88. The molecule has 0 N–H and O–H groups in total. The SMILES string of the molecule is CCCCCC(C)(C1CCCC1)C(C)(C)C. The maximum Gasteiger partial charge on any atom is -0.0249 e. The van der Waals surface area contributed by atoms with Crippen LogP contribution in [0.2, 0.25) is 0 Å². The van der Waals surface area contributed by atoms with Crippen LogP contribution < -0.4 is 0 Å². The first-order valence-corrected chi connectivity index (χ1v) is 7.42. The van der Waals surface area contributed by atoms with E-state index in [1.165, 1.54) is 51.4 Å². The van der Waals surface area contributed by atoms with E-state index in [-0.39, 0.29) is 0 Å². The highest BCUT2D eigenvalue weighted by atomic mass is 14.5. The number of hydrogen-bond acceptors (Lipinski definition) is 0. The summed E-state index contributed by atoms with van der Waals surface area (Å²) in [6.07, 6.45) is 11.6. The molecule has 0 aromatic rings. The van der Waals surface area contributed by atoms with Gasteiger partial charge in [-0.2, -0.15) is 0 Å². The maximum absolute atomic E-state index is 2.57. The van der Waals surface area contributed by atoms with Crippen LogP contribution in [0.25, 0.3) is 0 Å². The van der Waals surface area contributed by atoms with Gasteiger partial charge in [-0.1, -0.05) is 66.7 Å². The molecule has 0 saturated heterocycles. The molecule has 0 spiro atoms. The zero-order valence-electron chi connectivity index (χ0n) is 12.2. The quantitative estimate of drug-likeness (QED) is 0.517. The van der Waals surface area contributed by atoms with E-state index in [9.17, 15) is 0 Å². The lowest BCUT2D eigenvalue weighted by atomic mass is 9.58. The predicted molar refractivity (Wildman–Crippen MR) is 73.7 cm³/mol. The average molecular weight is 224 g/mol. The van der Waals surface area contributed by atoms with Crippen molar-refractivity contribution in [1.82, 2.24) is 0 Å². The summed E-state index contributed by atoms with van der Waals surface area (Å²) >= 11 is 0. The van der Waals surface area contributed by atoms with Gasteiger partial charge in [-0.05, 0) is 36.0 Å². The molecule has 0 heterocycles. The molecule has 0 radical (unpaired) electrons. The van der Waals surface area contributed by atoms with Crippen LogP contribution in [0, 0.1) is 16.7 Å². The van der Waals surface area contributed by atoms with Gasteiger partial charge in [0.25, 0.3) is 0 Å². The fraction of sp³-hybridized carbons (Fsp3) is 1.00. The van der Waals surface area contributed by atoms with E-state index in [4.69, 9.17) is 0 Å². The van der Waals surface area contributed by atoms with Crippen molar-refractivity contribution in [3.8, 4) is 0 Å². The Balaban J connectivity index is 2.67. The van der Waals surface area contributed by atoms with E-state index in [1.54, 1.807) is 0 Å². The topological polar surface area (TPSA) is 0 Å². The van der Waals surface area contributed by atoms with Gasteiger partial charge < -0.3 is 0 Å². The van der Waals surface area contributed by atoms with E-state index in [1.807, 2.05) is 0 Å². The molecule has 0 amide bonds. The lowest BCUT2D eigenvalue weighted by Crippen LogP contribution is -2.38. The molecule has 1 unspecified atom stereocenters. The molecule has 0 aliphatic heterocycles. The molecule has 1 fully saturated rings. The molecule has 0 heteroatoms. The Morgan fingerprint density at radius 1 is 0.938 bits per heavy atom. The zero-order valence-corrected chi connectivity index (χ0v) is 12.2. The highest BCUT2D eigenvalue weighted by Crippen LogP contribution is 2.53. The Hall–Kier alpha value is 0. The number of hydrogen-bond donors (Lipinski definition) is 0. The molecule has 0 aromatic heterocycles. The number of rotatable bonds is 5. The van der Waals surface area contributed by atoms with E-state index in [2.05, 4.69) is 34.6 Å². The first kappa shape index (κ1) is 14.1. The van der Waals surface area contributed by atoms with Crippen LogP contribution in [0.4, 0.5) is 0 Å². The summed E-state index contributed by atoms with van der Waals surface area (Å²) in [4.78, 5) is 0. The van der Waals surface area contributed by atoms with Gasteiger partial charge in [0.05, 0.1) is 0 Å². The van der Waals surface area contributed by atoms with Crippen LogP contribution in [0.1, 0.15) is 86.0 Å². The molecule has 1 aliphatic carbocycles. The van der Waals surface area contributed by atoms with Gasteiger partial charge in [0, 0.05) is 0 Å². The standard InChI is InChI=1S/C16H32/c1-6-7-10-13-16(5,15(2,3)4)14-11-8-9-12-14/h14H,6-13H2,1-5H3. The second-order valence-corrected chi connectivity index (χ2v) is 7.11. The zero-order chi connectivity index (χ0) is 12.2. The summed E-state index contributed by atoms with van der Waals surface area (Å²) in [5, 5.41) is 0. The highest BCUT2D eigenvalue weighted by molar-refractivity contribution is 4.93. The van der Waals surface area contributed by atoms with E-state index in [0.717, 1.165) is 5.92 Å². The van der Waals surface area contributed by atoms with Gasteiger partial charge in [0.2, 0.25) is 0 Å². The van der Waals surface area contributed by atoms with Gasteiger partial charge in [-0.15, -0.1) is 0 Å². The van der Waals surface area contributed by atoms with Crippen LogP contribution in [0.3, 0.4) is 0 Å². The van der Waals surface area contributed by atoms with Crippen LogP contribution >= 0.6 is 0 Å². The molecule has 1 saturated carbocycles. The van der Waals surface area contributed by atoms with Crippen molar-refractivity contribution < 1.29 is 0 Å². The second-order valence-electron chi connectivity index (χ2n) is 7.11. The fourth-order valence-corrected chi connectivity index (χ4v) is 3.50. The smallest absolute Gasteiger partial charge is 0.0249 e. The van der Waals surface area contributed by atoms with Crippen molar-refractivity contribution in [2.24, 2.45) is 16.7 Å². The third-order valence-corrected chi connectivity index (χ3v) is 5.27. The lowest BCUT2D eigenvalue weighted by Gasteiger charge is -2.47. The van der Waals surface area contributed by atoms with Crippen molar-refractivity contribution in [1.29, 1.82) is 0 Å². The molecular formula is C16H32. The van der Waals surface area contributed by atoms with Crippen molar-refractivity contribution in [2.45, 2.75) is 86.0 Å². The van der Waals surface area contributed by atoms with Gasteiger partial charge in [0.15, 0.2) is 0 Å². The first-order chi connectivity index (χ1) is 7.42. The van der Waals surface area contributed by atoms with Crippen LogP contribution in [0.15, 0.2) is 0 Å². The van der Waals surface area contributed by atoms with Crippen molar-refractivity contribution in [3.05, 3.63) is 0 Å². The molecule has 1 rings (SSSR count). The maximum atomic E-state index is 2.57. The van der Waals surface area contributed by atoms with Crippen LogP contribution in [0.5, 0.6) is 0 Å². The minimum Gasteiger partial charge on any atom is -0.0654 e. The summed E-state index contributed by atoms with van der Waals surface area (Å²) in [6, 6.07) is 0. The molecule has 0 nitrogen and oxygen atoms in total. The third kappa shape index (κ3) is 3.02. The van der Waals surface area contributed by atoms with Crippen molar-refractivity contribution >= 4 is 0 Å². The Morgan fingerprint density at radius 2 is 1.50 bits per heavy atom. The predicted octanol–water partition coefficient (Wildman–Crippen LogP) is 5.81. The summed E-state index contributed by atoms with van der Waals surface area (Å²) in [7, 11) is 0. The Morgan fingerprint density at radius 3 is 1.94 bits per heavy atom. The minimum atomic E-state index is 0.468. The summed E-state index contributed by atoms with van der Waals surface area (Å²) in [5.74, 6) is 0.990. The summed E-state index contributed by atoms with van der Waals surface area (Å²) in [6.45, 7) is 12.2. The monoisotopic (exact) mass is 224 g/mol. The number of unbranched alkanes of at least 4 members (excludes halogenated alkanes) is 2. The molecule has 1 aliphatic rings. The summed E-state index contributed by atoms with van der Waals surface area (Å²) in [5.41, 5.74) is 1.04. The lowest BCUT2D eigenvalue weighted by molar-refractivity contribution is 0.0243.